The molecule has 3 nitrogen and oxygen atoms in total. The van der Waals surface area contributed by atoms with Crippen molar-refractivity contribution in [1.29, 1.82) is 0 Å². The summed E-state index contributed by atoms with van der Waals surface area (Å²) in [5, 5.41) is 6.71. The summed E-state index contributed by atoms with van der Waals surface area (Å²) in [7, 11) is 0. The van der Waals surface area contributed by atoms with E-state index in [2.05, 4.69) is 217 Å². The molecule has 10 aromatic carbocycles. The summed E-state index contributed by atoms with van der Waals surface area (Å²) in [5.41, 5.74) is 15.7. The number of rotatable bonds is 7. The first-order valence-corrected chi connectivity index (χ1v) is 20.7. The van der Waals surface area contributed by atoms with E-state index in [9.17, 15) is 0 Å². The minimum atomic E-state index is 0.849. The number of anilines is 3. The Bertz CT molecular complexity index is 3570. The average molecular weight is 780 g/mol. The van der Waals surface area contributed by atoms with Gasteiger partial charge in [0, 0.05) is 33.1 Å². The van der Waals surface area contributed by atoms with Crippen molar-refractivity contribution in [3.8, 4) is 44.5 Å². The molecule has 0 aliphatic rings. The normalized spacial score (nSPS) is 11.6. The summed E-state index contributed by atoms with van der Waals surface area (Å²) < 4.78 is 13.3. The third-order valence-corrected chi connectivity index (χ3v) is 12.1. The highest BCUT2D eigenvalue weighted by atomic mass is 16.3. The largest absolute Gasteiger partial charge is 0.456 e. The van der Waals surface area contributed by atoms with Crippen LogP contribution in [-0.2, 0) is 0 Å². The molecule has 0 fully saturated rings. The first-order valence-electron chi connectivity index (χ1n) is 20.7. The van der Waals surface area contributed by atoms with Gasteiger partial charge in [0.1, 0.15) is 22.3 Å². The lowest BCUT2D eigenvalue weighted by molar-refractivity contribution is 0.669. The number of benzene rings is 10. The van der Waals surface area contributed by atoms with Crippen LogP contribution in [0.5, 0.6) is 0 Å². The lowest BCUT2D eigenvalue weighted by Crippen LogP contribution is -2.10. The van der Waals surface area contributed by atoms with E-state index in [0.29, 0.717) is 0 Å². The molecule has 0 atom stereocenters. The second kappa shape index (κ2) is 14.3. The summed E-state index contributed by atoms with van der Waals surface area (Å²) in [6.07, 6.45) is 0. The van der Waals surface area contributed by atoms with E-state index in [1.54, 1.807) is 0 Å². The first-order chi connectivity index (χ1) is 30.2. The van der Waals surface area contributed by atoms with Crippen molar-refractivity contribution in [3.63, 3.8) is 0 Å². The predicted molar refractivity (Wildman–Crippen MR) is 255 cm³/mol. The van der Waals surface area contributed by atoms with Crippen LogP contribution < -0.4 is 4.90 Å². The predicted octanol–water partition coefficient (Wildman–Crippen LogP) is 16.8. The molecule has 0 aliphatic carbocycles. The lowest BCUT2D eigenvalue weighted by Gasteiger charge is -2.27. The standard InChI is InChI=1S/C58H37NO2/c1-4-14-38(15-5-1)44-26-30-48-52-37-46(29-33-55(52)60-56(48)36-44)59(53-32-31-47(39-16-6-2-7-17-39)58-57(53)49-22-12-13-23-54(49)61-58)45-27-24-41(25-28-45)51-35-43-21-11-10-20-42(43)34-50(51)40-18-8-3-9-19-40/h1-37H. The molecule has 0 saturated carbocycles. The second-order valence-electron chi connectivity index (χ2n) is 15.7. The van der Waals surface area contributed by atoms with Gasteiger partial charge in [0.15, 0.2) is 0 Å². The number of fused-ring (bicyclic) bond motifs is 7. The van der Waals surface area contributed by atoms with Gasteiger partial charge in [-0.15, -0.1) is 0 Å². The van der Waals surface area contributed by atoms with Crippen LogP contribution in [0, 0.1) is 0 Å². The van der Waals surface area contributed by atoms with Crippen molar-refractivity contribution in [2.75, 3.05) is 4.90 Å². The Kier molecular flexibility index (Phi) is 8.17. The van der Waals surface area contributed by atoms with Crippen molar-refractivity contribution in [1.82, 2.24) is 0 Å². The van der Waals surface area contributed by atoms with Gasteiger partial charge in [-0.1, -0.05) is 152 Å². The molecule has 61 heavy (non-hydrogen) atoms. The van der Waals surface area contributed by atoms with Gasteiger partial charge in [0.05, 0.1) is 11.1 Å². The van der Waals surface area contributed by atoms with E-state index in [0.717, 1.165) is 88.8 Å². The minimum Gasteiger partial charge on any atom is -0.456 e. The van der Waals surface area contributed by atoms with Crippen LogP contribution in [-0.4, -0.2) is 0 Å². The molecule has 0 aliphatic heterocycles. The molecule has 0 bridgehead atoms. The van der Waals surface area contributed by atoms with Crippen LogP contribution in [0.4, 0.5) is 17.1 Å². The Hall–Kier alpha value is -8.14. The number of nitrogens with zero attached hydrogens (tertiary/aromatic N) is 1. The molecule has 0 unspecified atom stereocenters. The van der Waals surface area contributed by atoms with E-state index in [-0.39, 0.29) is 0 Å². The van der Waals surface area contributed by atoms with E-state index >= 15 is 0 Å². The highest BCUT2D eigenvalue weighted by molar-refractivity contribution is 6.17. The zero-order valence-electron chi connectivity index (χ0n) is 33.1. The van der Waals surface area contributed by atoms with Crippen molar-refractivity contribution in [2.45, 2.75) is 0 Å². The molecule has 0 spiro atoms. The Morgan fingerprint density at radius 3 is 1.56 bits per heavy atom. The zero-order chi connectivity index (χ0) is 40.3. The van der Waals surface area contributed by atoms with Crippen LogP contribution >= 0.6 is 0 Å². The van der Waals surface area contributed by atoms with E-state index in [1.807, 2.05) is 12.1 Å². The maximum Gasteiger partial charge on any atom is 0.145 e. The molecule has 3 heteroatoms. The van der Waals surface area contributed by atoms with Crippen LogP contribution in [0.2, 0.25) is 0 Å². The fourth-order valence-corrected chi connectivity index (χ4v) is 9.11. The molecule has 0 N–H and O–H groups in total. The maximum absolute atomic E-state index is 6.79. The van der Waals surface area contributed by atoms with E-state index in [4.69, 9.17) is 8.83 Å². The summed E-state index contributed by atoms with van der Waals surface area (Å²) in [4.78, 5) is 2.37. The molecular weight excluding hydrogens is 743 g/mol. The zero-order valence-corrected chi connectivity index (χ0v) is 33.1. The Morgan fingerprint density at radius 2 is 0.852 bits per heavy atom. The molecule has 0 amide bonds. The maximum atomic E-state index is 6.79. The van der Waals surface area contributed by atoms with Gasteiger partial charge in [0.25, 0.3) is 0 Å². The highest BCUT2D eigenvalue weighted by Gasteiger charge is 2.23. The van der Waals surface area contributed by atoms with Crippen molar-refractivity contribution in [2.24, 2.45) is 0 Å². The fraction of sp³-hybridized carbons (Fsp3) is 0. The van der Waals surface area contributed by atoms with Gasteiger partial charge in [-0.2, -0.15) is 0 Å². The van der Waals surface area contributed by atoms with Crippen molar-refractivity contribution >= 4 is 71.7 Å². The third-order valence-electron chi connectivity index (χ3n) is 12.1. The fourth-order valence-electron chi connectivity index (χ4n) is 9.11. The molecule has 12 aromatic rings. The molecule has 2 heterocycles. The topological polar surface area (TPSA) is 29.5 Å². The summed E-state index contributed by atoms with van der Waals surface area (Å²) in [6, 6.07) is 79.9. The van der Waals surface area contributed by atoms with Crippen molar-refractivity contribution < 1.29 is 8.83 Å². The van der Waals surface area contributed by atoms with Gasteiger partial charge in [0.2, 0.25) is 0 Å². The highest BCUT2D eigenvalue weighted by Crippen LogP contribution is 2.48. The Balaban J connectivity index is 1.07. The van der Waals surface area contributed by atoms with Crippen LogP contribution in [0.25, 0.3) is 99.2 Å². The number of hydrogen-bond donors (Lipinski definition) is 0. The van der Waals surface area contributed by atoms with Crippen molar-refractivity contribution in [3.05, 3.63) is 224 Å². The summed E-state index contributed by atoms with van der Waals surface area (Å²) in [5.74, 6) is 0. The van der Waals surface area contributed by atoms with Gasteiger partial charge >= 0.3 is 0 Å². The van der Waals surface area contributed by atoms with Gasteiger partial charge in [-0.25, -0.2) is 0 Å². The van der Waals surface area contributed by atoms with Gasteiger partial charge in [-0.05, 0) is 123 Å². The molecule has 0 radical (unpaired) electrons. The quantitative estimate of drug-likeness (QED) is 0.161. The second-order valence-corrected chi connectivity index (χ2v) is 15.7. The third kappa shape index (κ3) is 5.98. The average Bonchev–Trinajstić information content (AvgIpc) is 3.91. The summed E-state index contributed by atoms with van der Waals surface area (Å²) in [6.45, 7) is 0. The van der Waals surface area contributed by atoms with Crippen LogP contribution in [0.15, 0.2) is 233 Å². The van der Waals surface area contributed by atoms with Crippen LogP contribution in [0.3, 0.4) is 0 Å². The van der Waals surface area contributed by atoms with E-state index < -0.39 is 0 Å². The molecule has 286 valence electrons. The van der Waals surface area contributed by atoms with Crippen LogP contribution in [0.1, 0.15) is 0 Å². The molecule has 12 rings (SSSR count). The first kappa shape index (κ1) is 34.9. The Labute approximate surface area is 353 Å². The molecular formula is C58H37NO2. The number of furan rings is 2. The van der Waals surface area contributed by atoms with Gasteiger partial charge < -0.3 is 13.7 Å². The van der Waals surface area contributed by atoms with E-state index in [1.165, 1.54) is 27.5 Å². The summed E-state index contributed by atoms with van der Waals surface area (Å²) >= 11 is 0. The number of hydrogen-bond acceptors (Lipinski definition) is 3. The number of para-hydroxylation sites is 1. The molecule has 2 aromatic heterocycles. The Morgan fingerprint density at radius 1 is 0.295 bits per heavy atom. The monoisotopic (exact) mass is 779 g/mol. The van der Waals surface area contributed by atoms with Gasteiger partial charge in [-0.3, -0.25) is 0 Å². The SMILES string of the molecule is c1ccc(-c2ccc3c(c2)oc2ccc(N(c4ccc(-c5cc6ccccc6cc5-c5ccccc5)cc4)c4ccc(-c5ccccc5)c5oc6ccccc6c45)cc23)cc1. The smallest absolute Gasteiger partial charge is 0.145 e. The lowest BCUT2D eigenvalue weighted by atomic mass is 9.91. The molecule has 0 saturated heterocycles. The minimum absolute atomic E-state index is 0.849.